The molecule has 1 N–H and O–H groups in total. The van der Waals surface area contributed by atoms with Crippen molar-refractivity contribution in [2.45, 2.75) is 16.5 Å². The summed E-state index contributed by atoms with van der Waals surface area (Å²) >= 11 is 3.19. The van der Waals surface area contributed by atoms with Crippen LogP contribution in [0.2, 0.25) is 0 Å². The summed E-state index contributed by atoms with van der Waals surface area (Å²) in [7, 11) is 0. The maximum absolute atomic E-state index is 12.2. The van der Waals surface area contributed by atoms with Gasteiger partial charge in [-0.2, -0.15) is 0 Å². The van der Waals surface area contributed by atoms with E-state index in [1.165, 1.54) is 11.3 Å². The minimum Gasteiger partial charge on any atom is -0.322 e. The molecule has 1 aromatic heterocycles. The summed E-state index contributed by atoms with van der Waals surface area (Å²) in [4.78, 5) is 12.2. The Bertz CT molecular complexity index is 776. The zero-order valence-corrected chi connectivity index (χ0v) is 14.1. The summed E-state index contributed by atoms with van der Waals surface area (Å²) in [6, 6.07) is 17.1. The lowest BCUT2D eigenvalue weighted by molar-refractivity contribution is 0.102. The third kappa shape index (κ3) is 4.18. The van der Waals surface area contributed by atoms with Gasteiger partial charge in [0.25, 0.3) is 5.91 Å². The third-order valence-electron chi connectivity index (χ3n) is 3.27. The molecule has 0 radical (unpaired) electrons. The first-order valence-electron chi connectivity index (χ1n) is 7.11. The van der Waals surface area contributed by atoms with Crippen LogP contribution in [-0.4, -0.2) is 16.1 Å². The molecule has 23 heavy (non-hydrogen) atoms. The predicted molar refractivity (Wildman–Crippen MR) is 95.0 cm³/mol. The van der Waals surface area contributed by atoms with Crippen molar-refractivity contribution in [2.24, 2.45) is 0 Å². The lowest BCUT2D eigenvalue weighted by Crippen LogP contribution is -2.11. The number of nitrogens with one attached hydrogen (secondary N) is 1. The van der Waals surface area contributed by atoms with Crippen LogP contribution in [0, 0.1) is 0 Å². The van der Waals surface area contributed by atoms with Crippen molar-refractivity contribution < 1.29 is 4.79 Å². The third-order valence-corrected chi connectivity index (χ3v) is 5.24. The van der Waals surface area contributed by atoms with Crippen LogP contribution in [0.3, 0.4) is 0 Å². The molecule has 3 rings (SSSR count). The molecular formula is C17H15N3OS2. The van der Waals surface area contributed by atoms with E-state index >= 15 is 0 Å². The number of hydrogen-bond acceptors (Lipinski definition) is 5. The molecule has 0 spiro atoms. The summed E-state index contributed by atoms with van der Waals surface area (Å²) in [5, 5.41) is 11.1. The van der Waals surface area contributed by atoms with Crippen molar-refractivity contribution in [1.29, 1.82) is 0 Å². The van der Waals surface area contributed by atoms with Crippen LogP contribution in [-0.2, 0) is 0 Å². The second-order valence-electron chi connectivity index (χ2n) is 4.91. The molecule has 0 fully saturated rings. The van der Waals surface area contributed by atoms with Gasteiger partial charge in [0.15, 0.2) is 4.34 Å². The number of hydrogen-bond donors (Lipinski definition) is 1. The van der Waals surface area contributed by atoms with Gasteiger partial charge in [0, 0.05) is 16.5 Å². The average molecular weight is 341 g/mol. The molecular weight excluding hydrogens is 326 g/mol. The Morgan fingerprint density at radius 3 is 2.74 bits per heavy atom. The molecule has 2 aromatic carbocycles. The fourth-order valence-electron chi connectivity index (χ4n) is 2.10. The van der Waals surface area contributed by atoms with Crippen LogP contribution >= 0.6 is 23.1 Å². The summed E-state index contributed by atoms with van der Waals surface area (Å²) in [5.41, 5.74) is 4.30. The number of anilines is 1. The molecule has 0 unspecified atom stereocenters. The molecule has 1 heterocycles. The highest BCUT2D eigenvalue weighted by Gasteiger charge is 2.11. The Labute approximate surface area is 143 Å². The number of benzene rings is 2. The number of aromatic nitrogens is 2. The Morgan fingerprint density at radius 1 is 1.17 bits per heavy atom. The molecule has 0 aliphatic heterocycles. The van der Waals surface area contributed by atoms with Gasteiger partial charge >= 0.3 is 0 Å². The van der Waals surface area contributed by atoms with Crippen molar-refractivity contribution in [3.63, 3.8) is 0 Å². The molecule has 1 atom stereocenters. The topological polar surface area (TPSA) is 54.9 Å². The van der Waals surface area contributed by atoms with Gasteiger partial charge in [0.1, 0.15) is 5.51 Å². The fraction of sp³-hybridized carbons (Fsp3) is 0.118. The van der Waals surface area contributed by atoms with E-state index in [2.05, 4.69) is 28.5 Å². The first kappa shape index (κ1) is 15.7. The number of carbonyl (C=O) groups excluding carboxylic acids is 1. The van der Waals surface area contributed by atoms with Gasteiger partial charge in [-0.1, -0.05) is 53.4 Å². The normalized spacial score (nSPS) is 11.9. The van der Waals surface area contributed by atoms with E-state index in [4.69, 9.17) is 0 Å². The molecule has 0 bridgehead atoms. The highest BCUT2D eigenvalue weighted by atomic mass is 32.2. The van der Waals surface area contributed by atoms with Gasteiger partial charge in [0.2, 0.25) is 0 Å². The highest BCUT2D eigenvalue weighted by molar-refractivity contribution is 8.01. The van der Waals surface area contributed by atoms with Crippen LogP contribution in [0.4, 0.5) is 5.69 Å². The number of amides is 1. The Kier molecular flexibility index (Phi) is 5.05. The van der Waals surface area contributed by atoms with Crippen molar-refractivity contribution in [3.05, 3.63) is 71.2 Å². The second kappa shape index (κ2) is 7.39. The maximum Gasteiger partial charge on any atom is 0.255 e. The van der Waals surface area contributed by atoms with E-state index < -0.39 is 0 Å². The molecule has 0 saturated heterocycles. The molecule has 0 aliphatic carbocycles. The molecule has 1 amide bonds. The lowest BCUT2D eigenvalue weighted by Gasteiger charge is -2.12. The molecule has 6 heteroatoms. The lowest BCUT2D eigenvalue weighted by atomic mass is 10.1. The van der Waals surface area contributed by atoms with Gasteiger partial charge in [-0.3, -0.25) is 4.79 Å². The van der Waals surface area contributed by atoms with E-state index in [1.54, 1.807) is 29.4 Å². The van der Waals surface area contributed by atoms with Gasteiger partial charge in [-0.15, -0.1) is 10.2 Å². The van der Waals surface area contributed by atoms with E-state index in [9.17, 15) is 4.79 Å². The largest absolute Gasteiger partial charge is 0.322 e. The minimum atomic E-state index is -0.104. The monoisotopic (exact) mass is 341 g/mol. The van der Waals surface area contributed by atoms with Crippen LogP contribution in [0.25, 0.3) is 0 Å². The Morgan fingerprint density at radius 2 is 2.00 bits per heavy atom. The van der Waals surface area contributed by atoms with Crippen molar-refractivity contribution >= 4 is 34.7 Å². The quantitative estimate of drug-likeness (QED) is 0.687. The SMILES string of the molecule is C[C@@H](Sc1nncs1)c1cccc(NC(=O)c2ccccc2)c1. The van der Waals surface area contributed by atoms with Crippen LogP contribution in [0.15, 0.2) is 64.4 Å². The van der Waals surface area contributed by atoms with Gasteiger partial charge in [0.05, 0.1) is 0 Å². The average Bonchev–Trinajstić information content (AvgIpc) is 3.09. The number of thioether (sulfide) groups is 1. The molecule has 3 aromatic rings. The van der Waals surface area contributed by atoms with Gasteiger partial charge in [-0.25, -0.2) is 0 Å². The fourth-order valence-corrected chi connectivity index (χ4v) is 3.84. The van der Waals surface area contributed by atoms with Crippen LogP contribution < -0.4 is 5.32 Å². The number of rotatable bonds is 5. The summed E-state index contributed by atoms with van der Waals surface area (Å²) in [6.45, 7) is 2.12. The number of carbonyl (C=O) groups is 1. The standard InChI is InChI=1S/C17H15N3OS2/c1-12(23-17-20-18-11-22-17)14-8-5-9-15(10-14)19-16(21)13-6-3-2-4-7-13/h2-12H,1H3,(H,19,21)/t12-/m1/s1. The summed E-state index contributed by atoms with van der Waals surface area (Å²) in [6.07, 6.45) is 0. The van der Waals surface area contributed by atoms with Crippen LogP contribution in [0.5, 0.6) is 0 Å². The number of nitrogens with zero attached hydrogens (tertiary/aromatic N) is 2. The van der Waals surface area contributed by atoms with Crippen LogP contribution in [0.1, 0.15) is 28.1 Å². The zero-order chi connectivity index (χ0) is 16.1. The zero-order valence-electron chi connectivity index (χ0n) is 12.5. The molecule has 0 aliphatic rings. The summed E-state index contributed by atoms with van der Waals surface area (Å²) in [5.74, 6) is -0.104. The second-order valence-corrected chi connectivity index (χ2v) is 7.33. The first-order valence-corrected chi connectivity index (χ1v) is 8.87. The minimum absolute atomic E-state index is 0.104. The molecule has 0 saturated carbocycles. The predicted octanol–water partition coefficient (Wildman–Crippen LogP) is 4.64. The van der Waals surface area contributed by atoms with Crippen molar-refractivity contribution in [1.82, 2.24) is 10.2 Å². The van der Waals surface area contributed by atoms with E-state index in [1.807, 2.05) is 36.4 Å². The van der Waals surface area contributed by atoms with Gasteiger partial charge in [-0.05, 0) is 36.8 Å². The molecule has 4 nitrogen and oxygen atoms in total. The van der Waals surface area contributed by atoms with Crippen molar-refractivity contribution in [2.75, 3.05) is 5.32 Å². The maximum atomic E-state index is 12.2. The highest BCUT2D eigenvalue weighted by Crippen LogP contribution is 2.36. The smallest absolute Gasteiger partial charge is 0.255 e. The Balaban J connectivity index is 1.71. The van der Waals surface area contributed by atoms with E-state index in [-0.39, 0.29) is 11.2 Å². The first-order chi connectivity index (χ1) is 11.2. The molecule has 116 valence electrons. The van der Waals surface area contributed by atoms with E-state index in [0.717, 1.165) is 15.6 Å². The van der Waals surface area contributed by atoms with Gasteiger partial charge < -0.3 is 5.32 Å². The summed E-state index contributed by atoms with van der Waals surface area (Å²) < 4.78 is 0.941. The van der Waals surface area contributed by atoms with E-state index in [0.29, 0.717) is 5.56 Å². The van der Waals surface area contributed by atoms with Crippen molar-refractivity contribution in [3.8, 4) is 0 Å². The Hall–Kier alpha value is -2.18.